The summed E-state index contributed by atoms with van der Waals surface area (Å²) >= 11 is 0. The van der Waals surface area contributed by atoms with Crippen molar-refractivity contribution in [2.24, 2.45) is 0 Å². The quantitative estimate of drug-likeness (QED) is 0.734. The van der Waals surface area contributed by atoms with E-state index in [1.807, 2.05) is 6.07 Å². The smallest absolute Gasteiger partial charge is 0.352 e. The summed E-state index contributed by atoms with van der Waals surface area (Å²) in [5.41, 5.74) is 1.34. The van der Waals surface area contributed by atoms with Crippen LogP contribution in [0.15, 0.2) is 42.7 Å². The van der Waals surface area contributed by atoms with Gasteiger partial charge in [0.05, 0.1) is 0 Å². The van der Waals surface area contributed by atoms with Crippen LogP contribution in [-0.4, -0.2) is 30.7 Å². The topological polar surface area (TPSA) is 80.4 Å². The average molecular weight is 240 g/mol. The van der Waals surface area contributed by atoms with Crippen LogP contribution < -0.4 is 0 Å². The van der Waals surface area contributed by atoms with Gasteiger partial charge in [-0.25, -0.2) is 4.79 Å². The van der Waals surface area contributed by atoms with Gasteiger partial charge >= 0.3 is 5.97 Å². The SMILES string of the molecule is O=C(O)c1cccc2nnc(-c3cccnc3)n12. The number of aromatic nitrogens is 4. The van der Waals surface area contributed by atoms with Crippen LogP contribution in [0.3, 0.4) is 0 Å². The molecule has 0 bridgehead atoms. The Morgan fingerprint density at radius 1 is 1.17 bits per heavy atom. The predicted molar refractivity (Wildman–Crippen MR) is 63.2 cm³/mol. The molecule has 0 unspecified atom stereocenters. The van der Waals surface area contributed by atoms with E-state index in [1.54, 1.807) is 30.6 Å². The third kappa shape index (κ3) is 1.51. The highest BCUT2D eigenvalue weighted by molar-refractivity contribution is 5.87. The van der Waals surface area contributed by atoms with Crippen LogP contribution in [0.4, 0.5) is 0 Å². The minimum atomic E-state index is -1.02. The van der Waals surface area contributed by atoms with Gasteiger partial charge in [-0.3, -0.25) is 9.38 Å². The van der Waals surface area contributed by atoms with E-state index in [2.05, 4.69) is 15.2 Å². The molecule has 3 rings (SSSR count). The van der Waals surface area contributed by atoms with Crippen LogP contribution in [0, 0.1) is 0 Å². The molecule has 0 atom stereocenters. The summed E-state index contributed by atoms with van der Waals surface area (Å²) in [7, 11) is 0. The largest absolute Gasteiger partial charge is 0.477 e. The highest BCUT2D eigenvalue weighted by Crippen LogP contribution is 2.18. The van der Waals surface area contributed by atoms with Gasteiger partial charge in [-0.05, 0) is 24.3 Å². The van der Waals surface area contributed by atoms with Gasteiger partial charge in [0.1, 0.15) is 5.69 Å². The Balaban J connectivity index is 2.35. The third-order valence-corrected chi connectivity index (χ3v) is 2.57. The van der Waals surface area contributed by atoms with E-state index in [9.17, 15) is 9.90 Å². The van der Waals surface area contributed by atoms with Crippen LogP contribution in [0.2, 0.25) is 0 Å². The van der Waals surface area contributed by atoms with Gasteiger partial charge in [0.25, 0.3) is 0 Å². The lowest BCUT2D eigenvalue weighted by atomic mass is 10.2. The van der Waals surface area contributed by atoms with Crippen molar-refractivity contribution in [3.63, 3.8) is 0 Å². The Morgan fingerprint density at radius 2 is 2.06 bits per heavy atom. The Hall–Kier alpha value is -2.76. The molecule has 3 aromatic rings. The Bertz CT molecular complexity index is 721. The summed E-state index contributed by atoms with van der Waals surface area (Å²) < 4.78 is 1.50. The van der Waals surface area contributed by atoms with Crippen LogP contribution in [0.25, 0.3) is 17.0 Å². The van der Waals surface area contributed by atoms with Crippen molar-refractivity contribution in [3.05, 3.63) is 48.4 Å². The van der Waals surface area contributed by atoms with Gasteiger partial charge < -0.3 is 5.11 Å². The molecule has 0 aromatic carbocycles. The predicted octanol–water partition coefficient (Wildman–Crippen LogP) is 1.49. The highest BCUT2D eigenvalue weighted by Gasteiger charge is 2.14. The molecule has 0 aliphatic heterocycles. The molecule has 0 fully saturated rings. The second-order valence-corrected chi connectivity index (χ2v) is 3.68. The minimum absolute atomic E-state index is 0.122. The van der Waals surface area contributed by atoms with Gasteiger partial charge in [0.2, 0.25) is 0 Å². The van der Waals surface area contributed by atoms with Crippen LogP contribution in [-0.2, 0) is 0 Å². The van der Waals surface area contributed by atoms with Crippen molar-refractivity contribution in [2.45, 2.75) is 0 Å². The summed E-state index contributed by atoms with van der Waals surface area (Å²) in [6, 6.07) is 8.43. The fourth-order valence-corrected chi connectivity index (χ4v) is 1.79. The fraction of sp³-hybridized carbons (Fsp3) is 0. The molecular formula is C12H8N4O2. The first-order valence-corrected chi connectivity index (χ1v) is 5.25. The third-order valence-electron chi connectivity index (χ3n) is 2.57. The maximum atomic E-state index is 11.2. The molecule has 0 amide bonds. The monoisotopic (exact) mass is 240 g/mol. The number of rotatable bonds is 2. The molecule has 0 aliphatic carbocycles. The van der Waals surface area contributed by atoms with E-state index in [0.717, 1.165) is 5.56 Å². The van der Waals surface area contributed by atoms with Crippen molar-refractivity contribution in [1.29, 1.82) is 0 Å². The van der Waals surface area contributed by atoms with Crippen molar-refractivity contribution in [1.82, 2.24) is 19.6 Å². The summed E-state index contributed by atoms with van der Waals surface area (Å²) in [5.74, 6) is -0.554. The Labute approximate surface area is 102 Å². The summed E-state index contributed by atoms with van der Waals surface area (Å²) in [4.78, 5) is 15.2. The number of nitrogens with zero attached hydrogens (tertiary/aromatic N) is 4. The van der Waals surface area contributed by atoms with Crippen molar-refractivity contribution >= 4 is 11.6 Å². The van der Waals surface area contributed by atoms with Crippen molar-refractivity contribution in [2.75, 3.05) is 0 Å². The lowest BCUT2D eigenvalue weighted by Gasteiger charge is -2.03. The molecule has 0 spiro atoms. The lowest BCUT2D eigenvalue weighted by molar-refractivity contribution is 0.0689. The second-order valence-electron chi connectivity index (χ2n) is 3.68. The maximum Gasteiger partial charge on any atom is 0.352 e. The zero-order chi connectivity index (χ0) is 12.5. The number of pyridine rings is 2. The number of hydrogen-bond acceptors (Lipinski definition) is 4. The first kappa shape index (κ1) is 10.4. The molecule has 0 aliphatic rings. The minimum Gasteiger partial charge on any atom is -0.477 e. The number of aromatic carboxylic acids is 1. The maximum absolute atomic E-state index is 11.2. The molecule has 0 saturated carbocycles. The van der Waals surface area contributed by atoms with Crippen LogP contribution >= 0.6 is 0 Å². The Kier molecular flexibility index (Phi) is 2.26. The van der Waals surface area contributed by atoms with E-state index in [1.165, 1.54) is 10.5 Å². The number of carboxylic acids is 1. The van der Waals surface area contributed by atoms with Gasteiger partial charge in [-0.2, -0.15) is 0 Å². The summed E-state index contributed by atoms with van der Waals surface area (Å²) in [5, 5.41) is 17.2. The van der Waals surface area contributed by atoms with Crippen molar-refractivity contribution in [3.8, 4) is 11.4 Å². The number of hydrogen-bond donors (Lipinski definition) is 1. The van der Waals surface area contributed by atoms with Crippen LogP contribution in [0.5, 0.6) is 0 Å². The van der Waals surface area contributed by atoms with Crippen LogP contribution in [0.1, 0.15) is 10.5 Å². The van der Waals surface area contributed by atoms with Crippen molar-refractivity contribution < 1.29 is 9.90 Å². The summed E-state index contributed by atoms with van der Waals surface area (Å²) in [6.45, 7) is 0. The molecule has 3 heterocycles. The molecule has 1 N–H and O–H groups in total. The Morgan fingerprint density at radius 3 is 2.78 bits per heavy atom. The van der Waals surface area contributed by atoms with E-state index >= 15 is 0 Å². The standard InChI is InChI=1S/C12H8N4O2/c17-12(18)9-4-1-5-10-14-15-11(16(9)10)8-3-2-6-13-7-8/h1-7H,(H,17,18). The van der Waals surface area contributed by atoms with E-state index < -0.39 is 5.97 Å². The van der Waals surface area contributed by atoms with E-state index in [-0.39, 0.29) is 5.69 Å². The first-order chi connectivity index (χ1) is 8.77. The second kappa shape index (κ2) is 3.92. The molecule has 6 heteroatoms. The molecule has 3 aromatic heterocycles. The molecule has 18 heavy (non-hydrogen) atoms. The lowest BCUT2D eigenvalue weighted by Crippen LogP contribution is -2.05. The van der Waals surface area contributed by atoms with Gasteiger partial charge in [-0.1, -0.05) is 6.07 Å². The zero-order valence-electron chi connectivity index (χ0n) is 9.19. The molecule has 6 nitrogen and oxygen atoms in total. The van der Waals surface area contributed by atoms with E-state index in [0.29, 0.717) is 11.5 Å². The first-order valence-electron chi connectivity index (χ1n) is 5.25. The molecule has 0 saturated heterocycles. The number of fused-ring (bicyclic) bond motifs is 1. The van der Waals surface area contributed by atoms with Gasteiger partial charge in [0, 0.05) is 18.0 Å². The number of carbonyl (C=O) groups is 1. The zero-order valence-corrected chi connectivity index (χ0v) is 9.19. The van der Waals surface area contributed by atoms with Gasteiger partial charge in [-0.15, -0.1) is 10.2 Å². The summed E-state index contributed by atoms with van der Waals surface area (Å²) in [6.07, 6.45) is 3.26. The fourth-order valence-electron chi connectivity index (χ4n) is 1.79. The normalized spacial score (nSPS) is 10.7. The molecular weight excluding hydrogens is 232 g/mol. The molecule has 88 valence electrons. The molecule has 0 radical (unpaired) electrons. The van der Waals surface area contributed by atoms with E-state index in [4.69, 9.17) is 0 Å². The highest BCUT2D eigenvalue weighted by atomic mass is 16.4. The van der Waals surface area contributed by atoms with Gasteiger partial charge in [0.15, 0.2) is 11.5 Å². The average Bonchev–Trinajstić information content (AvgIpc) is 2.83. The number of carboxylic acid groups (broad SMARTS) is 1.